The van der Waals surface area contributed by atoms with Crippen LogP contribution >= 0.6 is 22.6 Å². The van der Waals surface area contributed by atoms with Gasteiger partial charge in [0.2, 0.25) is 0 Å². The first kappa shape index (κ1) is 22.1. The molecule has 0 radical (unpaired) electrons. The maximum absolute atomic E-state index is 13.2. The lowest BCUT2D eigenvalue weighted by molar-refractivity contribution is -0.137. The lowest BCUT2D eigenvalue weighted by Crippen LogP contribution is -2.40. The average Bonchev–Trinajstić information content (AvgIpc) is 3.22. The molecule has 10 heteroatoms. The largest absolute Gasteiger partial charge is 0.416 e. The fraction of sp³-hybridized carbons (Fsp3) is 0.136. The topological polar surface area (TPSA) is 61.8 Å². The average molecular weight is 552 g/mol. The monoisotopic (exact) mass is 552 g/mol. The normalized spacial score (nSPS) is 11.7. The molecule has 0 fully saturated rings. The smallest absolute Gasteiger partial charge is 0.268 e. The Morgan fingerprint density at radius 1 is 0.969 bits per heavy atom. The summed E-state index contributed by atoms with van der Waals surface area (Å²) in [6.45, 7) is 1.53. The minimum atomic E-state index is -4.57. The summed E-state index contributed by atoms with van der Waals surface area (Å²) in [6.07, 6.45) is -3.05. The molecule has 0 atom stereocenters. The van der Waals surface area contributed by atoms with Crippen molar-refractivity contribution in [3.8, 4) is 22.6 Å². The third-order valence-corrected chi connectivity index (χ3v) is 5.81. The first-order chi connectivity index (χ1) is 15.1. The highest BCUT2D eigenvalue weighted by atomic mass is 127. The van der Waals surface area contributed by atoms with E-state index in [1.807, 2.05) is 24.3 Å². The van der Waals surface area contributed by atoms with Gasteiger partial charge in [-0.2, -0.15) is 18.3 Å². The van der Waals surface area contributed by atoms with Crippen LogP contribution in [0.25, 0.3) is 22.6 Å². The van der Waals surface area contributed by atoms with Gasteiger partial charge in [-0.15, -0.1) is 0 Å². The molecule has 0 saturated carbocycles. The molecule has 2 heterocycles. The molecule has 164 valence electrons. The zero-order chi connectivity index (χ0) is 23.2. The number of aromatic nitrogens is 4. The van der Waals surface area contributed by atoms with Crippen molar-refractivity contribution < 1.29 is 13.2 Å². The Balaban J connectivity index is 2.00. The predicted octanol–water partition coefficient (Wildman–Crippen LogP) is 4.32. The van der Waals surface area contributed by atoms with Crippen molar-refractivity contribution in [3.05, 3.63) is 96.5 Å². The minimum absolute atomic E-state index is 0.0134. The molecule has 32 heavy (non-hydrogen) atoms. The number of benzene rings is 2. The number of rotatable bonds is 3. The molecule has 6 nitrogen and oxygen atoms in total. The highest BCUT2D eigenvalue weighted by Gasteiger charge is 2.31. The van der Waals surface area contributed by atoms with Crippen LogP contribution in [0.1, 0.15) is 11.3 Å². The zero-order valence-corrected chi connectivity index (χ0v) is 19.0. The summed E-state index contributed by atoms with van der Waals surface area (Å²) in [4.78, 5) is 26.0. The van der Waals surface area contributed by atoms with Gasteiger partial charge in [-0.1, -0.05) is 6.07 Å². The Morgan fingerprint density at radius 3 is 2.31 bits per heavy atom. The van der Waals surface area contributed by atoms with Gasteiger partial charge in [0.15, 0.2) is 0 Å². The fourth-order valence-electron chi connectivity index (χ4n) is 3.52. The van der Waals surface area contributed by atoms with E-state index in [9.17, 15) is 22.8 Å². The standard InChI is InChI=1S/C22H16F3IN4O2/c1-13-19(18-10-11-27-30(18)16-8-6-15(26)7-9-16)20(31)28(2)21(32)29(13)17-5-3-4-14(12-17)22(23,24)25/h3-12H,1-2H3. The summed E-state index contributed by atoms with van der Waals surface area (Å²) in [5.41, 5.74) is -0.682. The predicted molar refractivity (Wildman–Crippen MR) is 122 cm³/mol. The molecule has 0 spiro atoms. The van der Waals surface area contributed by atoms with Crippen molar-refractivity contribution >= 4 is 22.6 Å². The van der Waals surface area contributed by atoms with Crippen molar-refractivity contribution in [2.75, 3.05) is 0 Å². The highest BCUT2D eigenvalue weighted by molar-refractivity contribution is 14.1. The second-order valence-corrected chi connectivity index (χ2v) is 8.34. The quantitative estimate of drug-likeness (QED) is 0.356. The molecule has 2 aromatic carbocycles. The SMILES string of the molecule is Cc1c(-c2ccnn2-c2ccc(I)cc2)c(=O)n(C)c(=O)n1-c1cccc(C(F)(F)F)c1. The van der Waals surface area contributed by atoms with Gasteiger partial charge in [0.25, 0.3) is 5.56 Å². The van der Waals surface area contributed by atoms with E-state index in [0.717, 1.165) is 24.8 Å². The fourth-order valence-corrected chi connectivity index (χ4v) is 3.88. The number of hydrogen-bond donors (Lipinski definition) is 0. The van der Waals surface area contributed by atoms with Crippen LogP contribution in [0.15, 0.2) is 70.4 Å². The summed E-state index contributed by atoms with van der Waals surface area (Å²) < 4.78 is 44.3. The Labute approximate surface area is 193 Å². The van der Waals surface area contributed by atoms with E-state index in [2.05, 4.69) is 27.7 Å². The van der Waals surface area contributed by atoms with Crippen LogP contribution in [0.4, 0.5) is 13.2 Å². The van der Waals surface area contributed by atoms with Crippen LogP contribution in [0.2, 0.25) is 0 Å². The van der Waals surface area contributed by atoms with E-state index < -0.39 is 23.0 Å². The summed E-state index contributed by atoms with van der Waals surface area (Å²) in [7, 11) is 1.29. The van der Waals surface area contributed by atoms with Gasteiger partial charge >= 0.3 is 11.9 Å². The van der Waals surface area contributed by atoms with Crippen LogP contribution in [-0.2, 0) is 13.2 Å². The lowest BCUT2D eigenvalue weighted by Gasteiger charge is -2.17. The van der Waals surface area contributed by atoms with Crippen LogP contribution < -0.4 is 11.2 Å². The van der Waals surface area contributed by atoms with E-state index in [1.165, 1.54) is 32.3 Å². The van der Waals surface area contributed by atoms with E-state index >= 15 is 0 Å². The number of alkyl halides is 3. The Morgan fingerprint density at radius 2 is 1.66 bits per heavy atom. The second kappa shape index (κ2) is 8.08. The Kier molecular flexibility index (Phi) is 5.57. The first-order valence-corrected chi connectivity index (χ1v) is 10.5. The van der Waals surface area contributed by atoms with Gasteiger partial charge in [-0.25, -0.2) is 9.48 Å². The molecule has 4 rings (SSSR count). The molecule has 0 aliphatic rings. The first-order valence-electron chi connectivity index (χ1n) is 9.40. The molecule has 0 aliphatic carbocycles. The van der Waals surface area contributed by atoms with Gasteiger partial charge in [0.1, 0.15) is 0 Å². The molecule has 0 aliphatic heterocycles. The summed E-state index contributed by atoms with van der Waals surface area (Å²) >= 11 is 2.17. The zero-order valence-electron chi connectivity index (χ0n) is 16.9. The van der Waals surface area contributed by atoms with Crippen LogP contribution in [0.5, 0.6) is 0 Å². The van der Waals surface area contributed by atoms with Gasteiger partial charge in [-0.05, 0) is 78.0 Å². The van der Waals surface area contributed by atoms with Crippen molar-refractivity contribution in [1.29, 1.82) is 0 Å². The van der Waals surface area contributed by atoms with Crippen LogP contribution in [0, 0.1) is 10.5 Å². The van der Waals surface area contributed by atoms with Crippen molar-refractivity contribution in [2.45, 2.75) is 13.1 Å². The van der Waals surface area contributed by atoms with E-state index in [4.69, 9.17) is 0 Å². The molecule has 0 amide bonds. The summed E-state index contributed by atoms with van der Waals surface area (Å²) in [5.74, 6) is 0. The highest BCUT2D eigenvalue weighted by Crippen LogP contribution is 2.31. The molecule has 0 saturated heterocycles. The summed E-state index contributed by atoms with van der Waals surface area (Å²) in [6, 6.07) is 13.5. The molecule has 0 unspecified atom stereocenters. The molecular formula is C22H16F3IN4O2. The Hall–Kier alpha value is -3.15. The van der Waals surface area contributed by atoms with Crippen LogP contribution in [0.3, 0.4) is 0 Å². The molecular weight excluding hydrogens is 536 g/mol. The van der Waals surface area contributed by atoms with Crippen LogP contribution in [-0.4, -0.2) is 18.9 Å². The molecule has 2 aromatic heterocycles. The third-order valence-electron chi connectivity index (χ3n) is 5.10. The van der Waals surface area contributed by atoms with E-state index in [-0.39, 0.29) is 16.9 Å². The van der Waals surface area contributed by atoms with Gasteiger partial charge in [-0.3, -0.25) is 13.9 Å². The third kappa shape index (κ3) is 3.78. The van der Waals surface area contributed by atoms with Gasteiger partial charge in [0, 0.05) is 16.3 Å². The number of nitrogens with zero attached hydrogens (tertiary/aromatic N) is 4. The van der Waals surface area contributed by atoms with Gasteiger partial charge in [0.05, 0.1) is 34.4 Å². The lowest BCUT2D eigenvalue weighted by atomic mass is 10.1. The second-order valence-electron chi connectivity index (χ2n) is 7.10. The van der Waals surface area contributed by atoms with E-state index in [1.54, 1.807) is 10.7 Å². The maximum Gasteiger partial charge on any atom is 0.416 e. The maximum atomic E-state index is 13.2. The molecule has 0 N–H and O–H groups in total. The molecule has 4 aromatic rings. The minimum Gasteiger partial charge on any atom is -0.268 e. The van der Waals surface area contributed by atoms with E-state index in [0.29, 0.717) is 11.4 Å². The van der Waals surface area contributed by atoms with Crippen molar-refractivity contribution in [3.63, 3.8) is 0 Å². The number of hydrogen-bond acceptors (Lipinski definition) is 3. The molecule has 0 bridgehead atoms. The number of halogens is 4. The summed E-state index contributed by atoms with van der Waals surface area (Å²) in [5, 5.41) is 4.31. The van der Waals surface area contributed by atoms with Crippen molar-refractivity contribution in [1.82, 2.24) is 18.9 Å². The van der Waals surface area contributed by atoms with Crippen molar-refractivity contribution in [2.24, 2.45) is 7.05 Å². The Bertz CT molecular complexity index is 1430. The van der Waals surface area contributed by atoms with Gasteiger partial charge < -0.3 is 0 Å².